The quantitative estimate of drug-likeness (QED) is 0.664. The highest BCUT2D eigenvalue weighted by Crippen LogP contribution is 2.15. The fraction of sp³-hybridized carbons (Fsp3) is 0.417. The van der Waals surface area contributed by atoms with Crippen LogP contribution in [0.1, 0.15) is 48.9 Å². The minimum Gasteiger partial charge on any atom is -0.354 e. The van der Waals surface area contributed by atoms with Crippen molar-refractivity contribution < 1.29 is 9.59 Å². The van der Waals surface area contributed by atoms with E-state index in [9.17, 15) is 9.59 Å². The van der Waals surface area contributed by atoms with E-state index in [0.29, 0.717) is 19.5 Å². The molecule has 4 nitrogen and oxygen atoms in total. The topological polar surface area (TPSA) is 49.4 Å². The number of rotatable bonds is 9. The summed E-state index contributed by atoms with van der Waals surface area (Å²) in [5.74, 6) is -0.136. The van der Waals surface area contributed by atoms with Gasteiger partial charge in [-0.15, -0.1) is 0 Å². The Labute approximate surface area is 169 Å². The lowest BCUT2D eigenvalue weighted by molar-refractivity contribution is -0.140. The first-order valence-corrected chi connectivity index (χ1v) is 10.1. The van der Waals surface area contributed by atoms with Crippen molar-refractivity contribution in [2.24, 2.45) is 0 Å². The maximum absolute atomic E-state index is 13.1. The van der Waals surface area contributed by atoms with Crippen molar-refractivity contribution >= 4 is 11.8 Å². The first-order valence-electron chi connectivity index (χ1n) is 10.1. The van der Waals surface area contributed by atoms with Crippen LogP contribution in [0.15, 0.2) is 48.5 Å². The van der Waals surface area contributed by atoms with Crippen LogP contribution in [-0.2, 0) is 22.6 Å². The Bertz CT molecular complexity index is 786. The first kappa shape index (κ1) is 21.7. The summed E-state index contributed by atoms with van der Waals surface area (Å²) in [4.78, 5) is 27.4. The molecule has 2 aromatic rings. The number of hydrogen-bond donors (Lipinski definition) is 1. The van der Waals surface area contributed by atoms with Gasteiger partial charge in [0.15, 0.2) is 0 Å². The van der Waals surface area contributed by atoms with Crippen molar-refractivity contribution in [2.45, 2.75) is 59.5 Å². The predicted molar refractivity (Wildman–Crippen MR) is 114 cm³/mol. The lowest BCUT2D eigenvalue weighted by Crippen LogP contribution is -2.48. The van der Waals surface area contributed by atoms with Gasteiger partial charge in [0, 0.05) is 13.1 Å². The molecule has 0 aliphatic heterocycles. The number of aryl methyl sites for hydroxylation is 2. The van der Waals surface area contributed by atoms with Crippen LogP contribution in [0.25, 0.3) is 0 Å². The predicted octanol–water partition coefficient (Wildman–Crippen LogP) is 4.18. The summed E-state index contributed by atoms with van der Waals surface area (Å²) in [6.07, 6.45) is 2.25. The van der Waals surface area contributed by atoms with E-state index >= 15 is 0 Å². The van der Waals surface area contributed by atoms with Gasteiger partial charge in [0.1, 0.15) is 6.04 Å². The molecule has 4 heteroatoms. The smallest absolute Gasteiger partial charge is 0.242 e. The molecule has 2 rings (SSSR count). The number of hydrogen-bond acceptors (Lipinski definition) is 2. The highest BCUT2D eigenvalue weighted by atomic mass is 16.2. The second-order valence-corrected chi connectivity index (χ2v) is 7.42. The molecule has 2 amide bonds. The molecule has 0 aliphatic rings. The number of carbonyl (C=O) groups is 2. The minimum atomic E-state index is -0.517. The molecule has 0 heterocycles. The van der Waals surface area contributed by atoms with Crippen LogP contribution in [0.5, 0.6) is 0 Å². The highest BCUT2D eigenvalue weighted by Gasteiger charge is 2.26. The molecule has 1 atom stereocenters. The van der Waals surface area contributed by atoms with Gasteiger partial charge in [0.05, 0.1) is 6.42 Å². The molecule has 0 fully saturated rings. The van der Waals surface area contributed by atoms with Crippen LogP contribution < -0.4 is 5.32 Å². The molecule has 0 radical (unpaired) electrons. The second kappa shape index (κ2) is 10.6. The van der Waals surface area contributed by atoms with Gasteiger partial charge < -0.3 is 10.2 Å². The Balaban J connectivity index is 2.17. The van der Waals surface area contributed by atoms with Gasteiger partial charge in [-0.05, 0) is 49.4 Å². The summed E-state index contributed by atoms with van der Waals surface area (Å²) in [6.45, 7) is 9.07. The fourth-order valence-electron chi connectivity index (χ4n) is 3.09. The maximum atomic E-state index is 13.1. The summed E-state index contributed by atoms with van der Waals surface area (Å²) in [7, 11) is 0. The average Bonchev–Trinajstić information content (AvgIpc) is 2.69. The third-order valence-electron chi connectivity index (χ3n) is 5.12. The second-order valence-electron chi connectivity index (χ2n) is 7.42. The number of amides is 2. The van der Waals surface area contributed by atoms with E-state index in [0.717, 1.165) is 24.0 Å². The fourth-order valence-corrected chi connectivity index (χ4v) is 3.09. The van der Waals surface area contributed by atoms with E-state index in [1.807, 2.05) is 49.4 Å². The van der Waals surface area contributed by atoms with Crippen LogP contribution in [0, 0.1) is 13.8 Å². The van der Waals surface area contributed by atoms with E-state index in [4.69, 9.17) is 0 Å². The van der Waals surface area contributed by atoms with Gasteiger partial charge >= 0.3 is 0 Å². The Hall–Kier alpha value is -2.62. The van der Waals surface area contributed by atoms with Crippen molar-refractivity contribution in [1.29, 1.82) is 0 Å². The Kier molecular flexibility index (Phi) is 8.24. The van der Waals surface area contributed by atoms with Crippen LogP contribution >= 0.6 is 0 Å². The normalized spacial score (nSPS) is 11.7. The molecule has 1 N–H and O–H groups in total. The molecule has 0 unspecified atom stereocenters. The van der Waals surface area contributed by atoms with E-state index < -0.39 is 6.04 Å². The van der Waals surface area contributed by atoms with Gasteiger partial charge in [-0.25, -0.2) is 0 Å². The van der Waals surface area contributed by atoms with E-state index in [1.54, 1.807) is 4.90 Å². The maximum Gasteiger partial charge on any atom is 0.242 e. The van der Waals surface area contributed by atoms with Crippen molar-refractivity contribution in [3.05, 3.63) is 70.8 Å². The van der Waals surface area contributed by atoms with Gasteiger partial charge in [-0.3, -0.25) is 9.59 Å². The third-order valence-corrected chi connectivity index (χ3v) is 5.12. The zero-order valence-electron chi connectivity index (χ0n) is 17.5. The number of nitrogens with one attached hydrogen (secondary N) is 1. The molecule has 28 heavy (non-hydrogen) atoms. The van der Waals surface area contributed by atoms with E-state index in [-0.39, 0.29) is 11.8 Å². The summed E-state index contributed by atoms with van der Waals surface area (Å²) < 4.78 is 0. The largest absolute Gasteiger partial charge is 0.354 e. The van der Waals surface area contributed by atoms with E-state index in [2.05, 4.69) is 32.2 Å². The molecular weight excluding hydrogens is 348 g/mol. The van der Waals surface area contributed by atoms with Crippen molar-refractivity contribution in [1.82, 2.24) is 10.2 Å². The summed E-state index contributed by atoms with van der Waals surface area (Å²) >= 11 is 0. The Morgan fingerprint density at radius 3 is 2.36 bits per heavy atom. The van der Waals surface area contributed by atoms with Gasteiger partial charge in [-0.1, -0.05) is 61.9 Å². The standard InChI is InChI=1S/C24H32N2O2/c1-5-6-14-25-24(28)20(4)26(17-21-10-8-7-9-11-21)23(27)16-22-13-12-18(2)19(3)15-22/h7-13,15,20H,5-6,14,16-17H2,1-4H3,(H,25,28)/t20-/m1/s1. The first-order chi connectivity index (χ1) is 13.4. The van der Waals surface area contributed by atoms with Crippen molar-refractivity contribution in [3.63, 3.8) is 0 Å². The molecular formula is C24H32N2O2. The summed E-state index contributed by atoms with van der Waals surface area (Å²) in [5.41, 5.74) is 4.38. The molecule has 0 saturated carbocycles. The zero-order valence-corrected chi connectivity index (χ0v) is 17.5. The van der Waals surface area contributed by atoms with Crippen molar-refractivity contribution in [2.75, 3.05) is 6.54 Å². The summed E-state index contributed by atoms with van der Waals surface area (Å²) in [5, 5.41) is 2.95. The Morgan fingerprint density at radius 2 is 1.71 bits per heavy atom. The zero-order chi connectivity index (χ0) is 20.5. The number of carbonyl (C=O) groups excluding carboxylic acids is 2. The number of benzene rings is 2. The molecule has 0 bridgehead atoms. The third kappa shape index (κ3) is 6.22. The SMILES string of the molecule is CCCCNC(=O)[C@@H](C)N(Cc1ccccc1)C(=O)Cc1ccc(C)c(C)c1. The molecule has 0 aliphatic carbocycles. The minimum absolute atomic E-state index is 0.0368. The van der Waals surface area contributed by atoms with Crippen LogP contribution in [0.3, 0.4) is 0 Å². The van der Waals surface area contributed by atoms with Gasteiger partial charge in [-0.2, -0.15) is 0 Å². The monoisotopic (exact) mass is 380 g/mol. The van der Waals surface area contributed by atoms with Gasteiger partial charge in [0.25, 0.3) is 0 Å². The lowest BCUT2D eigenvalue weighted by Gasteiger charge is -2.29. The van der Waals surface area contributed by atoms with Crippen LogP contribution in [-0.4, -0.2) is 29.3 Å². The van der Waals surface area contributed by atoms with Crippen molar-refractivity contribution in [3.8, 4) is 0 Å². The average molecular weight is 381 g/mol. The molecule has 150 valence electrons. The number of unbranched alkanes of at least 4 members (excludes halogenated alkanes) is 1. The highest BCUT2D eigenvalue weighted by molar-refractivity contribution is 5.88. The van der Waals surface area contributed by atoms with E-state index in [1.165, 1.54) is 11.1 Å². The Morgan fingerprint density at radius 1 is 1.00 bits per heavy atom. The molecule has 0 saturated heterocycles. The molecule has 2 aromatic carbocycles. The van der Waals surface area contributed by atoms with Crippen LogP contribution in [0.4, 0.5) is 0 Å². The summed E-state index contributed by atoms with van der Waals surface area (Å²) in [6, 6.07) is 15.4. The number of nitrogens with zero attached hydrogens (tertiary/aromatic N) is 1. The molecule has 0 spiro atoms. The van der Waals surface area contributed by atoms with Crippen LogP contribution in [0.2, 0.25) is 0 Å². The lowest BCUT2D eigenvalue weighted by atomic mass is 10.0. The van der Waals surface area contributed by atoms with Gasteiger partial charge in [0.2, 0.25) is 11.8 Å². The molecule has 0 aromatic heterocycles.